The zero-order chi connectivity index (χ0) is 10.2. The number of hydrogen-bond acceptors (Lipinski definition) is 1. The lowest BCUT2D eigenvalue weighted by Crippen LogP contribution is -2.13. The minimum atomic E-state index is 0. The van der Waals surface area contributed by atoms with Crippen LogP contribution in [0.2, 0.25) is 0 Å². The van der Waals surface area contributed by atoms with Crippen molar-refractivity contribution in [2.24, 2.45) is 5.41 Å². The van der Waals surface area contributed by atoms with Crippen LogP contribution in [0.1, 0.15) is 34.1 Å². The Morgan fingerprint density at radius 1 is 1.29 bits per heavy atom. The smallest absolute Gasteiger partial charge is 0.0233 e. The predicted octanol–water partition coefficient (Wildman–Crippen LogP) is 3.01. The van der Waals surface area contributed by atoms with Crippen LogP contribution in [-0.2, 0) is 0 Å². The van der Waals surface area contributed by atoms with Crippen molar-refractivity contribution in [3.05, 3.63) is 12.2 Å². The molecule has 0 spiro atoms. The largest absolute Gasteiger partial charge is 0.313 e. The lowest BCUT2D eigenvalue weighted by Gasteiger charge is -2.05. The second-order valence-corrected chi connectivity index (χ2v) is 4.13. The maximum absolute atomic E-state index is 3.28. The molecule has 0 atom stereocenters. The molecule has 0 fully saturated rings. The fourth-order valence-electron chi connectivity index (χ4n) is 0.738. The van der Waals surface area contributed by atoms with E-state index in [1.54, 1.807) is 0 Å². The summed E-state index contributed by atoms with van der Waals surface area (Å²) in [4.78, 5) is 0. The second-order valence-electron chi connectivity index (χ2n) is 4.13. The van der Waals surface area contributed by atoms with Gasteiger partial charge in [0.15, 0.2) is 0 Å². The van der Waals surface area contributed by atoms with Crippen molar-refractivity contribution < 1.29 is 0 Å². The van der Waals surface area contributed by atoms with E-state index in [0.717, 1.165) is 13.1 Å². The molecule has 0 saturated carbocycles. The quantitative estimate of drug-likeness (QED) is 0.562. The van der Waals surface area contributed by atoms with Gasteiger partial charge in [0, 0.05) is 12.0 Å². The zero-order valence-electron chi connectivity index (χ0n) is 9.68. The van der Waals surface area contributed by atoms with E-state index in [2.05, 4.69) is 50.9 Å². The standard InChI is InChI=1S/C12H21N.ClH/c1-5-10-13-11-8-6-7-9-12(2,3)4;/h6,8,13H,5,10-11H2,1-4H3;1H. The maximum atomic E-state index is 3.28. The zero-order valence-corrected chi connectivity index (χ0v) is 10.5. The van der Waals surface area contributed by atoms with Crippen molar-refractivity contribution in [2.45, 2.75) is 34.1 Å². The molecule has 1 nitrogen and oxygen atoms in total. The van der Waals surface area contributed by atoms with Crippen LogP contribution in [-0.4, -0.2) is 13.1 Å². The van der Waals surface area contributed by atoms with Crippen LogP contribution < -0.4 is 5.32 Å². The minimum Gasteiger partial charge on any atom is -0.313 e. The highest BCUT2D eigenvalue weighted by molar-refractivity contribution is 5.85. The normalized spacial score (nSPS) is 10.6. The number of rotatable bonds is 4. The van der Waals surface area contributed by atoms with Gasteiger partial charge in [-0.2, -0.15) is 0 Å². The lowest BCUT2D eigenvalue weighted by molar-refractivity contribution is 0.571. The van der Waals surface area contributed by atoms with Crippen LogP contribution in [0.15, 0.2) is 12.2 Å². The van der Waals surface area contributed by atoms with E-state index >= 15 is 0 Å². The molecule has 0 bridgehead atoms. The summed E-state index contributed by atoms with van der Waals surface area (Å²) < 4.78 is 0. The molecule has 14 heavy (non-hydrogen) atoms. The number of hydrogen-bond donors (Lipinski definition) is 1. The third-order valence-corrected chi connectivity index (χ3v) is 1.34. The highest BCUT2D eigenvalue weighted by Crippen LogP contribution is 2.09. The summed E-state index contributed by atoms with van der Waals surface area (Å²) in [6.07, 6.45) is 5.17. The highest BCUT2D eigenvalue weighted by atomic mass is 35.5. The summed E-state index contributed by atoms with van der Waals surface area (Å²) in [7, 11) is 0. The van der Waals surface area contributed by atoms with Gasteiger partial charge in [0.05, 0.1) is 0 Å². The SMILES string of the molecule is CCCNCC=CC#CC(C)(C)C.Cl. The van der Waals surface area contributed by atoms with Crippen LogP contribution in [0.3, 0.4) is 0 Å². The molecule has 2 heteroatoms. The van der Waals surface area contributed by atoms with Gasteiger partial charge in [-0.15, -0.1) is 12.4 Å². The van der Waals surface area contributed by atoms with Crippen LogP contribution in [0.4, 0.5) is 0 Å². The van der Waals surface area contributed by atoms with Gasteiger partial charge in [-0.1, -0.05) is 24.8 Å². The number of halogens is 1. The van der Waals surface area contributed by atoms with Gasteiger partial charge in [0.2, 0.25) is 0 Å². The Bertz CT molecular complexity index is 203. The van der Waals surface area contributed by atoms with Crippen molar-refractivity contribution >= 4 is 12.4 Å². The van der Waals surface area contributed by atoms with Crippen molar-refractivity contribution in [1.82, 2.24) is 5.32 Å². The van der Waals surface area contributed by atoms with E-state index in [0.29, 0.717) is 0 Å². The Morgan fingerprint density at radius 3 is 2.43 bits per heavy atom. The molecule has 0 radical (unpaired) electrons. The van der Waals surface area contributed by atoms with E-state index in [9.17, 15) is 0 Å². The Kier molecular flexibility index (Phi) is 10.4. The monoisotopic (exact) mass is 215 g/mol. The van der Waals surface area contributed by atoms with E-state index < -0.39 is 0 Å². The van der Waals surface area contributed by atoms with Crippen molar-refractivity contribution in [2.75, 3.05) is 13.1 Å². The molecule has 0 aromatic rings. The molecule has 0 aromatic carbocycles. The Morgan fingerprint density at radius 2 is 1.93 bits per heavy atom. The van der Waals surface area contributed by atoms with Gasteiger partial charge in [0.25, 0.3) is 0 Å². The lowest BCUT2D eigenvalue weighted by atomic mass is 9.98. The molecule has 0 aromatic heterocycles. The first-order valence-electron chi connectivity index (χ1n) is 4.94. The molecule has 0 aliphatic carbocycles. The van der Waals surface area contributed by atoms with Gasteiger partial charge < -0.3 is 5.32 Å². The van der Waals surface area contributed by atoms with E-state index in [1.165, 1.54) is 6.42 Å². The first-order chi connectivity index (χ1) is 6.06. The van der Waals surface area contributed by atoms with Crippen LogP contribution in [0.5, 0.6) is 0 Å². The Balaban J connectivity index is 0. The first kappa shape index (κ1) is 16.0. The average molecular weight is 216 g/mol. The molecule has 0 saturated heterocycles. The van der Waals surface area contributed by atoms with Gasteiger partial charge in [-0.3, -0.25) is 0 Å². The molecular weight excluding hydrogens is 194 g/mol. The molecular formula is C12H22ClN. The van der Waals surface area contributed by atoms with Crippen molar-refractivity contribution in [1.29, 1.82) is 0 Å². The molecule has 0 amide bonds. The van der Waals surface area contributed by atoms with E-state index in [1.807, 2.05) is 6.08 Å². The molecule has 0 heterocycles. The summed E-state index contributed by atoms with van der Waals surface area (Å²) >= 11 is 0. The topological polar surface area (TPSA) is 12.0 Å². The van der Waals surface area contributed by atoms with Gasteiger partial charge in [-0.25, -0.2) is 0 Å². The number of nitrogens with one attached hydrogen (secondary N) is 1. The Labute approximate surface area is 94.8 Å². The summed E-state index contributed by atoms with van der Waals surface area (Å²) in [5.41, 5.74) is 0.112. The summed E-state index contributed by atoms with van der Waals surface area (Å²) in [6.45, 7) is 10.5. The van der Waals surface area contributed by atoms with E-state index in [4.69, 9.17) is 0 Å². The van der Waals surface area contributed by atoms with Gasteiger partial charge in [-0.05, 0) is 39.8 Å². The fraction of sp³-hybridized carbons (Fsp3) is 0.667. The third-order valence-electron chi connectivity index (χ3n) is 1.34. The predicted molar refractivity (Wildman–Crippen MR) is 66.8 cm³/mol. The molecule has 82 valence electrons. The molecule has 0 rings (SSSR count). The third kappa shape index (κ3) is 14.1. The molecule has 0 unspecified atom stereocenters. The van der Waals surface area contributed by atoms with Gasteiger partial charge >= 0.3 is 0 Å². The highest BCUT2D eigenvalue weighted by Gasteiger charge is 2.01. The summed E-state index contributed by atoms with van der Waals surface area (Å²) in [6, 6.07) is 0. The van der Waals surface area contributed by atoms with E-state index in [-0.39, 0.29) is 17.8 Å². The molecule has 0 aliphatic heterocycles. The van der Waals surface area contributed by atoms with Crippen LogP contribution in [0, 0.1) is 17.3 Å². The number of allylic oxidation sites excluding steroid dienone is 1. The van der Waals surface area contributed by atoms with Crippen LogP contribution in [0.25, 0.3) is 0 Å². The Hall–Kier alpha value is -0.450. The summed E-state index contributed by atoms with van der Waals surface area (Å²) in [5.74, 6) is 6.18. The van der Waals surface area contributed by atoms with Crippen molar-refractivity contribution in [3.8, 4) is 11.8 Å². The fourth-order valence-corrected chi connectivity index (χ4v) is 0.738. The van der Waals surface area contributed by atoms with Crippen LogP contribution >= 0.6 is 12.4 Å². The van der Waals surface area contributed by atoms with Gasteiger partial charge in [0.1, 0.15) is 0 Å². The maximum Gasteiger partial charge on any atom is 0.0233 e. The molecule has 1 N–H and O–H groups in total. The minimum absolute atomic E-state index is 0. The second kappa shape index (κ2) is 9.12. The average Bonchev–Trinajstić information content (AvgIpc) is 2.01. The molecule has 0 aliphatic rings. The first-order valence-corrected chi connectivity index (χ1v) is 4.94. The van der Waals surface area contributed by atoms with Crippen molar-refractivity contribution in [3.63, 3.8) is 0 Å². The summed E-state index contributed by atoms with van der Waals surface area (Å²) in [5, 5.41) is 3.28.